The minimum absolute atomic E-state index is 0.466. The molecule has 20 heavy (non-hydrogen) atoms. The van der Waals surface area contributed by atoms with Gasteiger partial charge in [-0.3, -0.25) is 0 Å². The van der Waals surface area contributed by atoms with Crippen molar-refractivity contribution in [3.8, 4) is 0 Å². The lowest BCUT2D eigenvalue weighted by Crippen LogP contribution is -2.15. The Morgan fingerprint density at radius 1 is 1.40 bits per heavy atom. The summed E-state index contributed by atoms with van der Waals surface area (Å²) in [4.78, 5) is 9.07. The third-order valence-electron chi connectivity index (χ3n) is 3.56. The van der Waals surface area contributed by atoms with Crippen LogP contribution in [0.25, 0.3) is 0 Å². The van der Waals surface area contributed by atoms with Crippen molar-refractivity contribution in [3.63, 3.8) is 0 Å². The van der Waals surface area contributed by atoms with Gasteiger partial charge in [-0.25, -0.2) is 9.97 Å². The molecular formula is C15H25N3OS. The molecule has 1 aromatic heterocycles. The van der Waals surface area contributed by atoms with E-state index in [4.69, 9.17) is 4.74 Å². The highest BCUT2D eigenvalue weighted by molar-refractivity contribution is 7.99. The molecule has 0 amide bonds. The second-order valence-corrected chi connectivity index (χ2v) is 6.80. The average Bonchev–Trinajstić information content (AvgIpc) is 2.39. The van der Waals surface area contributed by atoms with Gasteiger partial charge in [-0.1, -0.05) is 19.8 Å². The van der Waals surface area contributed by atoms with E-state index in [1.807, 2.05) is 11.8 Å². The number of ether oxygens (including phenoxy) is 1. The molecule has 1 aliphatic rings. The lowest BCUT2D eigenvalue weighted by atomic mass is 9.91. The van der Waals surface area contributed by atoms with Crippen LogP contribution in [0.15, 0.2) is 11.1 Å². The number of nitrogens with one attached hydrogen (secondary N) is 1. The van der Waals surface area contributed by atoms with Gasteiger partial charge in [0.15, 0.2) is 5.82 Å². The molecule has 2 rings (SSSR count). The van der Waals surface area contributed by atoms with Gasteiger partial charge in [-0.2, -0.15) is 0 Å². The van der Waals surface area contributed by atoms with Gasteiger partial charge >= 0.3 is 0 Å². The summed E-state index contributed by atoms with van der Waals surface area (Å²) < 4.78 is 5.16. The number of hydrogen-bond acceptors (Lipinski definition) is 5. The van der Waals surface area contributed by atoms with Crippen LogP contribution in [-0.2, 0) is 11.3 Å². The van der Waals surface area contributed by atoms with Gasteiger partial charge in [0.05, 0.1) is 0 Å². The Labute approximate surface area is 126 Å². The Kier molecular flexibility index (Phi) is 6.10. The number of nitrogens with zero attached hydrogens (tertiary/aromatic N) is 2. The third-order valence-corrected chi connectivity index (χ3v) is 4.77. The highest BCUT2D eigenvalue weighted by Crippen LogP contribution is 2.35. The van der Waals surface area contributed by atoms with Crippen LogP contribution in [0.4, 0.5) is 5.82 Å². The quantitative estimate of drug-likeness (QED) is 0.810. The van der Waals surface area contributed by atoms with Gasteiger partial charge < -0.3 is 10.1 Å². The summed E-state index contributed by atoms with van der Waals surface area (Å²) in [5.41, 5.74) is 0. The molecule has 5 heteroatoms. The Morgan fingerprint density at radius 3 is 2.95 bits per heavy atom. The van der Waals surface area contributed by atoms with Crippen LogP contribution in [0, 0.1) is 5.92 Å². The van der Waals surface area contributed by atoms with Crippen molar-refractivity contribution in [1.82, 2.24) is 9.97 Å². The van der Waals surface area contributed by atoms with Crippen molar-refractivity contribution in [2.75, 3.05) is 19.0 Å². The lowest BCUT2D eigenvalue weighted by Gasteiger charge is -2.25. The second kappa shape index (κ2) is 7.84. The van der Waals surface area contributed by atoms with E-state index in [-0.39, 0.29) is 0 Å². The number of rotatable bonds is 6. The Morgan fingerprint density at radius 2 is 2.25 bits per heavy atom. The van der Waals surface area contributed by atoms with Gasteiger partial charge in [-0.05, 0) is 25.7 Å². The first-order valence-corrected chi connectivity index (χ1v) is 8.36. The van der Waals surface area contributed by atoms with E-state index >= 15 is 0 Å². The molecule has 1 aromatic rings. The molecule has 2 unspecified atom stereocenters. The molecular weight excluding hydrogens is 270 g/mol. The number of aromatic nitrogens is 2. The van der Waals surface area contributed by atoms with Crippen molar-refractivity contribution in [2.45, 2.75) is 56.4 Å². The second-order valence-electron chi connectivity index (χ2n) is 5.48. The van der Waals surface area contributed by atoms with Gasteiger partial charge in [0.1, 0.15) is 17.5 Å². The summed E-state index contributed by atoms with van der Waals surface area (Å²) in [6.07, 6.45) is 5.31. The Balaban J connectivity index is 2.08. The normalized spacial score (nSPS) is 22.8. The number of anilines is 1. The summed E-state index contributed by atoms with van der Waals surface area (Å²) >= 11 is 1.90. The summed E-state index contributed by atoms with van der Waals surface area (Å²) in [5, 5.41) is 5.04. The third kappa shape index (κ3) is 4.63. The van der Waals surface area contributed by atoms with Crippen molar-refractivity contribution in [1.29, 1.82) is 0 Å². The zero-order valence-electron chi connectivity index (χ0n) is 12.7. The summed E-state index contributed by atoms with van der Waals surface area (Å²) in [6, 6.07) is 2.06. The van der Waals surface area contributed by atoms with Crippen LogP contribution in [0.3, 0.4) is 0 Å². The zero-order valence-corrected chi connectivity index (χ0v) is 13.5. The molecule has 0 saturated heterocycles. The molecule has 0 spiro atoms. The minimum Gasteiger partial charge on any atom is -0.377 e. The highest BCUT2D eigenvalue weighted by atomic mass is 32.2. The standard InChI is InChI=1S/C15H25N3OS/c1-4-16-13-9-15(18-14(17-13)10-19-3)20-12-7-5-6-11(2)8-12/h9,11-12H,4-8,10H2,1-3H3,(H,16,17,18). The predicted octanol–water partition coefficient (Wildman–Crippen LogP) is 3.73. The molecule has 1 aliphatic carbocycles. The van der Waals surface area contributed by atoms with E-state index in [1.54, 1.807) is 7.11 Å². The molecule has 4 nitrogen and oxygen atoms in total. The maximum absolute atomic E-state index is 5.16. The Hall–Kier alpha value is -0.810. The molecule has 0 bridgehead atoms. The molecule has 112 valence electrons. The number of thioether (sulfide) groups is 1. The minimum atomic E-state index is 0.466. The van der Waals surface area contributed by atoms with Gasteiger partial charge in [0.25, 0.3) is 0 Å². The van der Waals surface area contributed by atoms with Crippen LogP contribution in [-0.4, -0.2) is 28.9 Å². The van der Waals surface area contributed by atoms with Crippen molar-refractivity contribution >= 4 is 17.6 Å². The maximum Gasteiger partial charge on any atom is 0.157 e. The van der Waals surface area contributed by atoms with Crippen LogP contribution >= 0.6 is 11.8 Å². The van der Waals surface area contributed by atoms with Crippen molar-refractivity contribution in [2.24, 2.45) is 5.92 Å². The molecule has 0 aromatic carbocycles. The zero-order chi connectivity index (χ0) is 14.4. The van der Waals surface area contributed by atoms with Crippen LogP contribution in [0.5, 0.6) is 0 Å². The van der Waals surface area contributed by atoms with Crippen LogP contribution in [0.2, 0.25) is 0 Å². The van der Waals surface area contributed by atoms with Gasteiger partial charge in [0, 0.05) is 25.0 Å². The van der Waals surface area contributed by atoms with Crippen LogP contribution < -0.4 is 5.32 Å². The first-order chi connectivity index (χ1) is 9.71. The largest absolute Gasteiger partial charge is 0.377 e. The molecule has 1 fully saturated rings. The van der Waals surface area contributed by atoms with E-state index in [0.717, 1.165) is 29.1 Å². The molecule has 2 atom stereocenters. The average molecular weight is 295 g/mol. The Bertz CT molecular complexity index is 403. The first-order valence-electron chi connectivity index (χ1n) is 7.48. The lowest BCUT2D eigenvalue weighted by molar-refractivity contribution is 0.177. The number of methoxy groups -OCH3 is 1. The summed E-state index contributed by atoms with van der Waals surface area (Å²) in [6.45, 7) is 5.77. The molecule has 0 radical (unpaired) electrons. The summed E-state index contributed by atoms with van der Waals surface area (Å²) in [5.74, 6) is 2.51. The molecule has 1 saturated carbocycles. The van der Waals surface area contributed by atoms with Crippen molar-refractivity contribution in [3.05, 3.63) is 11.9 Å². The van der Waals surface area contributed by atoms with Crippen LogP contribution in [0.1, 0.15) is 45.4 Å². The highest BCUT2D eigenvalue weighted by Gasteiger charge is 2.20. The monoisotopic (exact) mass is 295 g/mol. The molecule has 1 N–H and O–H groups in total. The van der Waals surface area contributed by atoms with E-state index < -0.39 is 0 Å². The van der Waals surface area contributed by atoms with E-state index in [2.05, 4.69) is 35.2 Å². The van der Waals surface area contributed by atoms with Crippen molar-refractivity contribution < 1.29 is 4.74 Å². The first kappa shape index (κ1) is 15.6. The fourth-order valence-electron chi connectivity index (χ4n) is 2.65. The smallest absolute Gasteiger partial charge is 0.157 e. The molecule has 0 aliphatic heterocycles. The van der Waals surface area contributed by atoms with Gasteiger partial charge in [-0.15, -0.1) is 11.8 Å². The number of hydrogen-bond donors (Lipinski definition) is 1. The fourth-order valence-corrected chi connectivity index (χ4v) is 4.04. The van der Waals surface area contributed by atoms with E-state index in [1.165, 1.54) is 25.7 Å². The molecule has 1 heterocycles. The maximum atomic E-state index is 5.16. The van der Waals surface area contributed by atoms with E-state index in [0.29, 0.717) is 11.9 Å². The van der Waals surface area contributed by atoms with E-state index in [9.17, 15) is 0 Å². The SMILES string of the molecule is CCNc1cc(SC2CCCC(C)C2)nc(COC)n1. The predicted molar refractivity (Wildman–Crippen MR) is 84.2 cm³/mol. The fraction of sp³-hybridized carbons (Fsp3) is 0.733. The van der Waals surface area contributed by atoms with Gasteiger partial charge in [0.2, 0.25) is 0 Å². The topological polar surface area (TPSA) is 47.0 Å². The summed E-state index contributed by atoms with van der Waals surface area (Å²) in [7, 11) is 1.68.